The molecule has 0 N–H and O–H groups in total. The number of hydrogen-bond donors (Lipinski definition) is 0. The topological polar surface area (TPSA) is 107 Å². The fraction of sp³-hybridized carbons (Fsp3) is 0.381. The summed E-state index contributed by atoms with van der Waals surface area (Å²) in [5.74, 6) is -0.993. The molecule has 0 radical (unpaired) electrons. The van der Waals surface area contributed by atoms with Gasteiger partial charge in [-0.05, 0) is 43.0 Å². The van der Waals surface area contributed by atoms with E-state index in [0.717, 1.165) is 27.6 Å². The zero-order valence-corrected chi connectivity index (χ0v) is 18.3. The van der Waals surface area contributed by atoms with Crippen molar-refractivity contribution in [2.45, 2.75) is 45.2 Å². The Hall–Kier alpha value is -2.78. The quantitative estimate of drug-likeness (QED) is 0.338. The molecule has 162 valence electrons. The number of aryl methyl sites for hydroxylation is 1. The largest absolute Gasteiger partial charge is 0.465 e. The van der Waals surface area contributed by atoms with Crippen molar-refractivity contribution < 1.29 is 22.9 Å². The van der Waals surface area contributed by atoms with Crippen molar-refractivity contribution in [1.82, 2.24) is 4.31 Å². The Labute approximate surface area is 176 Å². The molecule has 0 fully saturated rings. The lowest BCUT2D eigenvalue weighted by Crippen LogP contribution is -2.48. The van der Waals surface area contributed by atoms with E-state index >= 15 is 0 Å². The molecule has 2 aromatic rings. The Kier molecular flexibility index (Phi) is 7.69. The molecule has 0 heterocycles. The van der Waals surface area contributed by atoms with E-state index in [2.05, 4.69) is 0 Å². The molecule has 2 aromatic carbocycles. The number of esters is 1. The van der Waals surface area contributed by atoms with Crippen LogP contribution in [0.15, 0.2) is 53.4 Å². The smallest absolute Gasteiger partial charge is 0.324 e. The third-order valence-electron chi connectivity index (χ3n) is 4.71. The van der Waals surface area contributed by atoms with Crippen LogP contribution in [0, 0.1) is 23.0 Å². The van der Waals surface area contributed by atoms with Gasteiger partial charge in [-0.15, -0.1) is 0 Å². The van der Waals surface area contributed by atoms with Gasteiger partial charge >= 0.3 is 5.97 Å². The summed E-state index contributed by atoms with van der Waals surface area (Å²) < 4.78 is 33.3. The highest BCUT2D eigenvalue weighted by molar-refractivity contribution is 7.89. The van der Waals surface area contributed by atoms with Gasteiger partial charge in [0.15, 0.2) is 0 Å². The van der Waals surface area contributed by atoms with Crippen molar-refractivity contribution in [2.75, 3.05) is 6.61 Å². The van der Waals surface area contributed by atoms with Crippen LogP contribution in [0.5, 0.6) is 0 Å². The maximum atomic E-state index is 13.5. The molecular formula is C21H26N2O6S. The van der Waals surface area contributed by atoms with E-state index in [1.54, 1.807) is 32.9 Å². The van der Waals surface area contributed by atoms with Gasteiger partial charge < -0.3 is 4.74 Å². The summed E-state index contributed by atoms with van der Waals surface area (Å²) in [4.78, 5) is 22.9. The second-order valence-electron chi connectivity index (χ2n) is 7.17. The van der Waals surface area contributed by atoms with E-state index in [4.69, 9.17) is 4.74 Å². The van der Waals surface area contributed by atoms with Crippen LogP contribution >= 0.6 is 0 Å². The number of carbonyl (C=O) groups is 1. The van der Waals surface area contributed by atoms with Crippen LogP contribution in [-0.4, -0.2) is 36.3 Å². The summed E-state index contributed by atoms with van der Waals surface area (Å²) in [6.45, 7) is 7.10. The monoisotopic (exact) mass is 434 g/mol. The second-order valence-corrected chi connectivity index (χ2v) is 9.06. The minimum atomic E-state index is -4.16. The number of non-ortho nitro benzene ring substituents is 1. The molecule has 8 nitrogen and oxygen atoms in total. The number of rotatable bonds is 9. The molecule has 0 aromatic heterocycles. The number of carbonyl (C=O) groups excluding carboxylic acids is 1. The average Bonchev–Trinajstić information content (AvgIpc) is 2.69. The summed E-state index contributed by atoms with van der Waals surface area (Å²) >= 11 is 0. The van der Waals surface area contributed by atoms with Gasteiger partial charge in [0.1, 0.15) is 6.04 Å². The second kappa shape index (κ2) is 9.82. The standard InChI is InChI=1S/C21H26N2O6S/c1-5-29-21(24)20(15(2)3)22(14-17-9-7-6-8-16(17)4)30(27,28)19-12-10-18(11-13-19)23(25)26/h6-13,15,20H,5,14H2,1-4H3. The maximum Gasteiger partial charge on any atom is 0.324 e. The zero-order valence-electron chi connectivity index (χ0n) is 17.4. The van der Waals surface area contributed by atoms with Crippen LogP contribution < -0.4 is 0 Å². The number of sulfonamides is 1. The van der Waals surface area contributed by atoms with Crippen molar-refractivity contribution in [1.29, 1.82) is 0 Å². The molecule has 0 saturated carbocycles. The van der Waals surface area contributed by atoms with Crippen LogP contribution in [0.2, 0.25) is 0 Å². The van der Waals surface area contributed by atoms with Crippen LogP contribution in [0.4, 0.5) is 5.69 Å². The molecular weight excluding hydrogens is 408 g/mol. The summed E-state index contributed by atoms with van der Waals surface area (Å²) in [6, 6.07) is 10.9. The molecule has 1 unspecified atom stereocenters. The van der Waals surface area contributed by atoms with Gasteiger partial charge in [-0.1, -0.05) is 38.1 Å². The fourth-order valence-electron chi connectivity index (χ4n) is 3.11. The molecule has 0 spiro atoms. The number of nitro groups is 1. The SMILES string of the molecule is CCOC(=O)C(C(C)C)N(Cc1ccccc1C)S(=O)(=O)c1ccc([N+](=O)[O-])cc1. The van der Waals surface area contributed by atoms with Crippen molar-refractivity contribution in [3.63, 3.8) is 0 Å². The normalized spacial score (nSPS) is 12.7. The van der Waals surface area contributed by atoms with Gasteiger partial charge in [0.05, 0.1) is 16.4 Å². The van der Waals surface area contributed by atoms with E-state index in [9.17, 15) is 23.3 Å². The summed E-state index contributed by atoms with van der Waals surface area (Å²) in [6.07, 6.45) is 0. The molecule has 9 heteroatoms. The first-order valence-electron chi connectivity index (χ1n) is 9.57. The predicted octanol–water partition coefficient (Wildman–Crippen LogP) is 3.68. The van der Waals surface area contributed by atoms with E-state index in [-0.39, 0.29) is 29.7 Å². The number of nitro benzene ring substituents is 1. The highest BCUT2D eigenvalue weighted by Gasteiger charge is 2.39. The molecule has 0 amide bonds. The van der Waals surface area contributed by atoms with Crippen LogP contribution in [-0.2, 0) is 26.1 Å². The lowest BCUT2D eigenvalue weighted by Gasteiger charge is -2.32. The first-order valence-corrected chi connectivity index (χ1v) is 11.0. The highest BCUT2D eigenvalue weighted by atomic mass is 32.2. The first-order chi connectivity index (χ1) is 14.1. The van der Waals surface area contributed by atoms with E-state index < -0.39 is 27.0 Å². The Balaban J connectivity index is 2.59. The molecule has 1 atom stereocenters. The van der Waals surface area contributed by atoms with Crippen LogP contribution in [0.3, 0.4) is 0 Å². The maximum absolute atomic E-state index is 13.5. The van der Waals surface area contributed by atoms with Gasteiger partial charge in [0.2, 0.25) is 10.0 Å². The Bertz CT molecular complexity index is 1000. The highest BCUT2D eigenvalue weighted by Crippen LogP contribution is 2.27. The van der Waals surface area contributed by atoms with Crippen molar-refractivity contribution in [2.24, 2.45) is 5.92 Å². The van der Waals surface area contributed by atoms with Gasteiger partial charge in [0.25, 0.3) is 5.69 Å². The molecule has 0 aliphatic carbocycles. The number of hydrogen-bond acceptors (Lipinski definition) is 6. The van der Waals surface area contributed by atoms with Crippen LogP contribution in [0.1, 0.15) is 31.9 Å². The molecule has 0 aliphatic rings. The molecule has 0 bridgehead atoms. The number of ether oxygens (including phenoxy) is 1. The molecule has 30 heavy (non-hydrogen) atoms. The summed E-state index contributed by atoms with van der Waals surface area (Å²) in [7, 11) is -4.16. The average molecular weight is 435 g/mol. The minimum absolute atomic E-state index is 0.0341. The first kappa shape index (κ1) is 23.5. The Morgan fingerprint density at radius 3 is 2.23 bits per heavy atom. The van der Waals surface area contributed by atoms with Crippen LogP contribution in [0.25, 0.3) is 0 Å². The summed E-state index contributed by atoms with van der Waals surface area (Å²) in [5, 5.41) is 10.9. The molecule has 2 rings (SSSR count). The number of benzene rings is 2. The van der Waals surface area contributed by atoms with Crippen molar-refractivity contribution in [3.05, 3.63) is 69.8 Å². The van der Waals surface area contributed by atoms with Gasteiger partial charge in [-0.25, -0.2) is 8.42 Å². The van der Waals surface area contributed by atoms with E-state index in [1.165, 1.54) is 12.1 Å². The van der Waals surface area contributed by atoms with Crippen molar-refractivity contribution in [3.8, 4) is 0 Å². The van der Waals surface area contributed by atoms with Crippen molar-refractivity contribution >= 4 is 21.7 Å². The number of nitrogens with zero attached hydrogens (tertiary/aromatic N) is 2. The molecule has 0 saturated heterocycles. The van der Waals surface area contributed by atoms with Gasteiger partial charge in [-0.2, -0.15) is 4.31 Å². The lowest BCUT2D eigenvalue weighted by atomic mass is 10.0. The molecule has 0 aliphatic heterocycles. The lowest BCUT2D eigenvalue weighted by molar-refractivity contribution is -0.384. The van der Waals surface area contributed by atoms with Gasteiger partial charge in [0, 0.05) is 18.7 Å². The minimum Gasteiger partial charge on any atom is -0.465 e. The van der Waals surface area contributed by atoms with Gasteiger partial charge in [-0.3, -0.25) is 14.9 Å². The zero-order chi connectivity index (χ0) is 22.5. The Morgan fingerprint density at radius 2 is 1.73 bits per heavy atom. The Morgan fingerprint density at radius 1 is 1.13 bits per heavy atom. The predicted molar refractivity (Wildman–Crippen MR) is 112 cm³/mol. The van der Waals surface area contributed by atoms with E-state index in [0.29, 0.717) is 0 Å². The van der Waals surface area contributed by atoms with E-state index in [1.807, 2.05) is 19.1 Å². The fourth-order valence-corrected chi connectivity index (χ4v) is 4.80. The summed E-state index contributed by atoms with van der Waals surface area (Å²) in [5.41, 5.74) is 1.41. The third-order valence-corrected chi connectivity index (χ3v) is 6.55. The third kappa shape index (κ3) is 5.22.